The molecule has 3 nitrogen and oxygen atoms in total. The summed E-state index contributed by atoms with van der Waals surface area (Å²) in [7, 11) is 0. The highest BCUT2D eigenvalue weighted by Gasteiger charge is 2.15. The number of hydrogen-bond donors (Lipinski definition) is 1. The van der Waals surface area contributed by atoms with Gasteiger partial charge in [-0.1, -0.05) is 6.92 Å². The summed E-state index contributed by atoms with van der Waals surface area (Å²) in [5.74, 6) is 0.520. The molecular formula is C10H16O3. The van der Waals surface area contributed by atoms with Crippen LogP contribution in [0.15, 0.2) is 11.5 Å². The minimum Gasteiger partial charge on any atom is -0.509 e. The van der Waals surface area contributed by atoms with Gasteiger partial charge in [0, 0.05) is 19.3 Å². The Morgan fingerprint density at radius 1 is 1.46 bits per heavy atom. The monoisotopic (exact) mass is 184 g/mol. The van der Waals surface area contributed by atoms with Crippen LogP contribution in [0.4, 0.5) is 0 Å². The van der Waals surface area contributed by atoms with E-state index >= 15 is 0 Å². The molecule has 0 radical (unpaired) electrons. The van der Waals surface area contributed by atoms with Gasteiger partial charge < -0.3 is 9.84 Å². The molecule has 0 amide bonds. The van der Waals surface area contributed by atoms with Crippen molar-refractivity contribution in [3.8, 4) is 0 Å². The van der Waals surface area contributed by atoms with Gasteiger partial charge in [0.2, 0.25) is 0 Å². The highest BCUT2D eigenvalue weighted by molar-refractivity contribution is 5.70. The lowest BCUT2D eigenvalue weighted by Gasteiger charge is -2.15. The van der Waals surface area contributed by atoms with E-state index in [2.05, 4.69) is 0 Å². The van der Waals surface area contributed by atoms with Gasteiger partial charge in [0.15, 0.2) is 0 Å². The third kappa shape index (κ3) is 3.09. The SMILES string of the molecule is CCCC(=O)OC1=C(O)CCCC1. The molecule has 0 bridgehead atoms. The third-order valence-corrected chi connectivity index (χ3v) is 2.08. The zero-order valence-electron chi connectivity index (χ0n) is 8.01. The molecule has 1 N–H and O–H groups in total. The molecule has 3 heteroatoms. The fourth-order valence-corrected chi connectivity index (χ4v) is 1.36. The van der Waals surface area contributed by atoms with E-state index in [1.165, 1.54) is 0 Å². The first-order valence-electron chi connectivity index (χ1n) is 4.85. The first-order valence-corrected chi connectivity index (χ1v) is 4.85. The molecule has 0 aliphatic heterocycles. The standard InChI is InChI=1S/C10H16O3/c1-2-5-10(12)13-9-7-4-3-6-8(9)11/h11H,2-7H2,1H3. The summed E-state index contributed by atoms with van der Waals surface area (Å²) in [5, 5.41) is 9.39. The topological polar surface area (TPSA) is 46.5 Å². The molecule has 0 unspecified atom stereocenters. The summed E-state index contributed by atoms with van der Waals surface area (Å²) in [6.07, 6.45) is 4.54. The second-order valence-corrected chi connectivity index (χ2v) is 3.30. The van der Waals surface area contributed by atoms with E-state index in [9.17, 15) is 9.90 Å². The molecule has 74 valence electrons. The van der Waals surface area contributed by atoms with Crippen LogP contribution in [0.2, 0.25) is 0 Å². The van der Waals surface area contributed by atoms with Gasteiger partial charge in [-0.25, -0.2) is 0 Å². The predicted octanol–water partition coefficient (Wildman–Crippen LogP) is 2.67. The van der Waals surface area contributed by atoms with E-state index in [1.54, 1.807) is 0 Å². The van der Waals surface area contributed by atoms with Crippen molar-refractivity contribution >= 4 is 5.97 Å². The lowest BCUT2D eigenvalue weighted by atomic mass is 10.0. The molecule has 0 fully saturated rings. The molecule has 0 aromatic rings. The number of rotatable bonds is 3. The van der Waals surface area contributed by atoms with Crippen molar-refractivity contribution in [2.24, 2.45) is 0 Å². The van der Waals surface area contributed by atoms with Gasteiger partial charge >= 0.3 is 5.97 Å². The minimum atomic E-state index is -0.231. The number of aliphatic hydroxyl groups is 1. The van der Waals surface area contributed by atoms with E-state index in [1.807, 2.05) is 6.92 Å². The third-order valence-electron chi connectivity index (χ3n) is 2.08. The molecule has 1 aliphatic rings. The Bertz CT molecular complexity index is 218. The van der Waals surface area contributed by atoms with Crippen molar-refractivity contribution in [3.63, 3.8) is 0 Å². The highest BCUT2D eigenvalue weighted by Crippen LogP contribution is 2.23. The number of allylic oxidation sites excluding steroid dienone is 2. The molecule has 0 aromatic carbocycles. The van der Waals surface area contributed by atoms with Gasteiger partial charge in [-0.2, -0.15) is 0 Å². The molecule has 0 heterocycles. The van der Waals surface area contributed by atoms with Gasteiger partial charge in [-0.15, -0.1) is 0 Å². The summed E-state index contributed by atoms with van der Waals surface area (Å²) >= 11 is 0. The number of carbonyl (C=O) groups excluding carboxylic acids is 1. The summed E-state index contributed by atoms with van der Waals surface area (Å²) in [6, 6.07) is 0. The van der Waals surface area contributed by atoms with Gasteiger partial charge in [0.1, 0.15) is 11.5 Å². The van der Waals surface area contributed by atoms with Crippen LogP contribution < -0.4 is 0 Å². The largest absolute Gasteiger partial charge is 0.509 e. The molecule has 1 aliphatic carbocycles. The maximum Gasteiger partial charge on any atom is 0.310 e. The summed E-state index contributed by atoms with van der Waals surface area (Å²) < 4.78 is 5.03. The van der Waals surface area contributed by atoms with Crippen molar-refractivity contribution in [3.05, 3.63) is 11.5 Å². The van der Waals surface area contributed by atoms with Crippen molar-refractivity contribution < 1.29 is 14.6 Å². The Morgan fingerprint density at radius 3 is 2.77 bits per heavy atom. The Morgan fingerprint density at radius 2 is 2.15 bits per heavy atom. The number of esters is 1. The lowest BCUT2D eigenvalue weighted by Crippen LogP contribution is -2.09. The molecule has 0 atom stereocenters. The van der Waals surface area contributed by atoms with Crippen LogP contribution in [0.3, 0.4) is 0 Å². The summed E-state index contributed by atoms with van der Waals surface area (Å²) in [4.78, 5) is 11.1. The van der Waals surface area contributed by atoms with Gasteiger partial charge in [-0.05, 0) is 19.3 Å². The Balaban J connectivity index is 2.46. The maximum atomic E-state index is 11.1. The number of carbonyl (C=O) groups is 1. The zero-order chi connectivity index (χ0) is 9.68. The van der Waals surface area contributed by atoms with Crippen LogP contribution >= 0.6 is 0 Å². The molecule has 1 rings (SSSR count). The molecule has 0 aromatic heterocycles. The quantitative estimate of drug-likeness (QED) is 0.686. The number of aliphatic hydroxyl groups excluding tert-OH is 1. The second kappa shape index (κ2) is 4.90. The predicted molar refractivity (Wildman–Crippen MR) is 49.1 cm³/mol. The van der Waals surface area contributed by atoms with Crippen LogP contribution in [0, 0.1) is 0 Å². The average molecular weight is 184 g/mol. The smallest absolute Gasteiger partial charge is 0.310 e. The van der Waals surface area contributed by atoms with E-state index < -0.39 is 0 Å². The Kier molecular flexibility index (Phi) is 3.80. The van der Waals surface area contributed by atoms with Gasteiger partial charge in [-0.3, -0.25) is 4.79 Å². The van der Waals surface area contributed by atoms with E-state index in [0.717, 1.165) is 19.3 Å². The Hall–Kier alpha value is -0.990. The molecule has 0 spiro atoms. The normalized spacial score (nSPS) is 17.3. The van der Waals surface area contributed by atoms with Crippen molar-refractivity contribution in [2.75, 3.05) is 0 Å². The molecular weight excluding hydrogens is 168 g/mol. The molecule has 13 heavy (non-hydrogen) atoms. The first kappa shape index (κ1) is 10.1. The van der Waals surface area contributed by atoms with Crippen LogP contribution in [0.25, 0.3) is 0 Å². The highest BCUT2D eigenvalue weighted by atomic mass is 16.5. The first-order chi connectivity index (χ1) is 6.24. The zero-order valence-corrected chi connectivity index (χ0v) is 8.01. The second-order valence-electron chi connectivity index (χ2n) is 3.30. The van der Waals surface area contributed by atoms with E-state index in [4.69, 9.17) is 4.74 Å². The van der Waals surface area contributed by atoms with E-state index in [0.29, 0.717) is 25.0 Å². The van der Waals surface area contributed by atoms with E-state index in [-0.39, 0.29) is 11.7 Å². The Labute approximate surface area is 78.4 Å². The maximum absolute atomic E-state index is 11.1. The molecule has 0 saturated heterocycles. The fraction of sp³-hybridized carbons (Fsp3) is 0.700. The lowest BCUT2D eigenvalue weighted by molar-refractivity contribution is -0.140. The molecule has 0 saturated carbocycles. The van der Waals surface area contributed by atoms with Crippen LogP contribution in [-0.2, 0) is 9.53 Å². The summed E-state index contributed by atoms with van der Waals surface area (Å²) in [6.45, 7) is 1.93. The van der Waals surface area contributed by atoms with Crippen LogP contribution in [0.1, 0.15) is 45.4 Å². The van der Waals surface area contributed by atoms with Crippen LogP contribution in [-0.4, -0.2) is 11.1 Å². The number of ether oxygens (including phenoxy) is 1. The van der Waals surface area contributed by atoms with Crippen molar-refractivity contribution in [1.29, 1.82) is 0 Å². The number of hydrogen-bond acceptors (Lipinski definition) is 3. The van der Waals surface area contributed by atoms with Gasteiger partial charge in [0.25, 0.3) is 0 Å². The summed E-state index contributed by atoms with van der Waals surface area (Å²) in [5.41, 5.74) is 0. The minimum absolute atomic E-state index is 0.231. The van der Waals surface area contributed by atoms with Crippen LogP contribution in [0.5, 0.6) is 0 Å². The van der Waals surface area contributed by atoms with Gasteiger partial charge in [0.05, 0.1) is 0 Å². The van der Waals surface area contributed by atoms with Crippen molar-refractivity contribution in [2.45, 2.75) is 45.4 Å². The average Bonchev–Trinajstić information content (AvgIpc) is 2.09. The fourth-order valence-electron chi connectivity index (χ4n) is 1.36. The van der Waals surface area contributed by atoms with Crippen molar-refractivity contribution in [1.82, 2.24) is 0 Å².